The maximum atomic E-state index is 13.7. The molecule has 0 unspecified atom stereocenters. The molecule has 3 rings (SSSR count). The van der Waals surface area contributed by atoms with E-state index in [1.807, 2.05) is 4.57 Å². The smallest absolute Gasteiger partial charge is 0.178 e. The Morgan fingerprint density at radius 1 is 1.32 bits per heavy atom. The molecule has 102 valence electrons. The van der Waals surface area contributed by atoms with E-state index in [-0.39, 0.29) is 5.41 Å². The number of hydrogen-bond acceptors (Lipinski definition) is 1. The number of nitrogens with zero attached hydrogens (tertiary/aromatic N) is 1. The minimum absolute atomic E-state index is 0.177. The van der Waals surface area contributed by atoms with Gasteiger partial charge in [0.25, 0.3) is 0 Å². The summed E-state index contributed by atoms with van der Waals surface area (Å²) < 4.78 is 29.4. The van der Waals surface area contributed by atoms with Crippen molar-refractivity contribution < 1.29 is 8.78 Å². The lowest BCUT2D eigenvalue weighted by Crippen LogP contribution is -2.19. The first-order valence-electron chi connectivity index (χ1n) is 6.56. The molecule has 1 aliphatic carbocycles. The van der Waals surface area contributed by atoms with Crippen molar-refractivity contribution in [2.75, 3.05) is 0 Å². The molecular formula is C14H16F2N2S. The first-order valence-corrected chi connectivity index (χ1v) is 6.97. The predicted octanol–water partition coefficient (Wildman–Crippen LogP) is 4.56. The molecule has 0 atom stereocenters. The Bertz CT molecular complexity index is 681. The van der Waals surface area contributed by atoms with E-state index in [0.29, 0.717) is 22.3 Å². The highest BCUT2D eigenvalue weighted by Crippen LogP contribution is 2.39. The lowest BCUT2D eigenvalue weighted by Gasteiger charge is -2.24. The predicted molar refractivity (Wildman–Crippen MR) is 73.6 cm³/mol. The van der Waals surface area contributed by atoms with Crippen molar-refractivity contribution in [1.82, 2.24) is 9.55 Å². The van der Waals surface area contributed by atoms with Crippen LogP contribution in [0.2, 0.25) is 0 Å². The van der Waals surface area contributed by atoms with Crippen LogP contribution >= 0.6 is 12.2 Å². The lowest BCUT2D eigenvalue weighted by atomic mass is 9.89. The Kier molecular flexibility index (Phi) is 2.96. The highest BCUT2D eigenvalue weighted by molar-refractivity contribution is 7.71. The van der Waals surface area contributed by atoms with Crippen molar-refractivity contribution in [3.05, 3.63) is 28.5 Å². The zero-order chi connectivity index (χ0) is 13.6. The normalized spacial score (nSPS) is 18.3. The third-order valence-electron chi connectivity index (χ3n) is 4.15. The summed E-state index contributed by atoms with van der Waals surface area (Å²) in [6.07, 6.45) is 4.71. The fourth-order valence-corrected chi connectivity index (χ4v) is 3.37. The summed E-state index contributed by atoms with van der Waals surface area (Å²) in [5.74, 6) is -1.15. The molecule has 0 spiro atoms. The van der Waals surface area contributed by atoms with Gasteiger partial charge in [-0.2, -0.15) is 0 Å². The van der Waals surface area contributed by atoms with Crippen LogP contribution in [0.5, 0.6) is 0 Å². The number of benzene rings is 1. The second kappa shape index (κ2) is 4.40. The second-order valence-electron chi connectivity index (χ2n) is 5.82. The van der Waals surface area contributed by atoms with E-state index in [9.17, 15) is 8.78 Å². The molecular weight excluding hydrogens is 266 g/mol. The number of imidazole rings is 1. The van der Waals surface area contributed by atoms with Gasteiger partial charge in [-0.3, -0.25) is 0 Å². The van der Waals surface area contributed by atoms with E-state index < -0.39 is 11.6 Å². The minimum atomic E-state index is -0.587. The second-order valence-corrected chi connectivity index (χ2v) is 6.20. The molecule has 2 aromatic rings. The van der Waals surface area contributed by atoms with Gasteiger partial charge >= 0.3 is 0 Å². The van der Waals surface area contributed by atoms with Gasteiger partial charge in [-0.25, -0.2) is 8.78 Å². The maximum absolute atomic E-state index is 13.7. The van der Waals surface area contributed by atoms with Gasteiger partial charge in [-0.1, -0.05) is 19.8 Å². The molecule has 1 N–H and O–H groups in total. The first kappa shape index (κ1) is 12.8. The van der Waals surface area contributed by atoms with E-state index in [4.69, 9.17) is 12.2 Å². The SMILES string of the molecule is CC1(Cn2c(=S)[nH]c3c(F)cc(F)cc32)CCCC1. The molecule has 19 heavy (non-hydrogen) atoms. The van der Waals surface area contributed by atoms with Crippen LogP contribution in [0.4, 0.5) is 8.78 Å². The fourth-order valence-electron chi connectivity index (χ4n) is 3.11. The molecule has 0 amide bonds. The van der Waals surface area contributed by atoms with Crippen LogP contribution in [0.3, 0.4) is 0 Å². The number of nitrogens with one attached hydrogen (secondary N) is 1. The molecule has 2 nitrogen and oxygen atoms in total. The molecule has 1 aromatic carbocycles. The van der Waals surface area contributed by atoms with Crippen LogP contribution in [0.1, 0.15) is 32.6 Å². The number of halogens is 2. The molecule has 0 aliphatic heterocycles. The van der Waals surface area contributed by atoms with Crippen molar-refractivity contribution in [1.29, 1.82) is 0 Å². The van der Waals surface area contributed by atoms with Crippen molar-refractivity contribution in [2.45, 2.75) is 39.2 Å². The third kappa shape index (κ3) is 2.20. The van der Waals surface area contributed by atoms with Crippen LogP contribution in [0.25, 0.3) is 11.0 Å². The van der Waals surface area contributed by atoms with Crippen LogP contribution in [0, 0.1) is 21.8 Å². The van der Waals surface area contributed by atoms with Gasteiger partial charge in [0.2, 0.25) is 0 Å². The summed E-state index contributed by atoms with van der Waals surface area (Å²) in [6.45, 7) is 2.94. The summed E-state index contributed by atoms with van der Waals surface area (Å²) >= 11 is 5.26. The third-order valence-corrected chi connectivity index (χ3v) is 4.48. The monoisotopic (exact) mass is 282 g/mol. The van der Waals surface area contributed by atoms with Crippen LogP contribution in [-0.4, -0.2) is 9.55 Å². The average Bonchev–Trinajstić information content (AvgIpc) is 2.87. The van der Waals surface area contributed by atoms with Gasteiger partial charge in [0, 0.05) is 12.6 Å². The first-order chi connectivity index (χ1) is 8.98. The lowest BCUT2D eigenvalue weighted by molar-refractivity contribution is 0.284. The van der Waals surface area contributed by atoms with E-state index in [0.717, 1.165) is 18.9 Å². The Morgan fingerprint density at radius 2 is 2.00 bits per heavy atom. The Labute approximate surface area is 115 Å². The summed E-state index contributed by atoms with van der Waals surface area (Å²) in [5.41, 5.74) is 1.000. The number of rotatable bonds is 2. The van der Waals surface area contributed by atoms with E-state index in [1.54, 1.807) is 0 Å². The highest BCUT2D eigenvalue weighted by atomic mass is 32.1. The molecule has 1 aliphatic rings. The molecule has 0 bridgehead atoms. The molecule has 0 saturated heterocycles. The zero-order valence-electron chi connectivity index (χ0n) is 10.8. The van der Waals surface area contributed by atoms with Crippen molar-refractivity contribution in [3.63, 3.8) is 0 Å². The number of hydrogen-bond donors (Lipinski definition) is 1. The van der Waals surface area contributed by atoms with Crippen LogP contribution in [0.15, 0.2) is 12.1 Å². The van der Waals surface area contributed by atoms with Gasteiger partial charge in [0.1, 0.15) is 11.3 Å². The van der Waals surface area contributed by atoms with Gasteiger partial charge in [-0.05, 0) is 36.5 Å². The maximum Gasteiger partial charge on any atom is 0.178 e. The minimum Gasteiger partial charge on any atom is -0.328 e. The fraction of sp³-hybridized carbons (Fsp3) is 0.500. The molecule has 1 aromatic heterocycles. The standard InChI is InChI=1S/C14H16F2N2S/c1-14(4-2-3-5-14)8-18-11-7-9(15)6-10(16)12(11)17-13(18)19/h6-7H,2-5,8H2,1H3,(H,17,19). The summed E-state index contributed by atoms with van der Waals surface area (Å²) in [6, 6.07) is 2.23. The van der Waals surface area contributed by atoms with Crippen LogP contribution in [-0.2, 0) is 6.54 Å². The average molecular weight is 282 g/mol. The highest BCUT2D eigenvalue weighted by Gasteiger charge is 2.30. The van der Waals surface area contributed by atoms with E-state index in [2.05, 4.69) is 11.9 Å². The van der Waals surface area contributed by atoms with Crippen LogP contribution < -0.4 is 0 Å². The summed E-state index contributed by atoms with van der Waals surface area (Å²) in [4.78, 5) is 2.85. The van der Waals surface area contributed by atoms with Gasteiger partial charge < -0.3 is 9.55 Å². The molecule has 5 heteroatoms. The molecule has 1 saturated carbocycles. The Morgan fingerprint density at radius 3 is 2.68 bits per heavy atom. The zero-order valence-corrected chi connectivity index (χ0v) is 11.6. The van der Waals surface area contributed by atoms with E-state index >= 15 is 0 Å². The van der Waals surface area contributed by atoms with Gasteiger partial charge in [0.15, 0.2) is 10.6 Å². The van der Waals surface area contributed by atoms with Gasteiger partial charge in [-0.15, -0.1) is 0 Å². The quantitative estimate of drug-likeness (QED) is 0.801. The Hall–Kier alpha value is -1.23. The van der Waals surface area contributed by atoms with Crippen molar-refractivity contribution >= 4 is 23.3 Å². The Balaban J connectivity index is 2.13. The number of fused-ring (bicyclic) bond motifs is 1. The topological polar surface area (TPSA) is 20.7 Å². The molecule has 0 radical (unpaired) electrons. The molecule has 1 heterocycles. The largest absolute Gasteiger partial charge is 0.328 e. The number of H-pyrrole nitrogens is 1. The number of aromatic amines is 1. The van der Waals surface area contributed by atoms with Crippen molar-refractivity contribution in [2.24, 2.45) is 5.41 Å². The number of aromatic nitrogens is 2. The van der Waals surface area contributed by atoms with Gasteiger partial charge in [0.05, 0.1) is 5.52 Å². The van der Waals surface area contributed by atoms with E-state index in [1.165, 1.54) is 18.9 Å². The summed E-state index contributed by atoms with van der Waals surface area (Å²) in [5, 5.41) is 0. The summed E-state index contributed by atoms with van der Waals surface area (Å²) in [7, 11) is 0. The van der Waals surface area contributed by atoms with Crippen molar-refractivity contribution in [3.8, 4) is 0 Å². The molecule has 1 fully saturated rings.